The number of ether oxygens (including phenoxy) is 1. The number of aryl methyl sites for hydroxylation is 1. The lowest BCUT2D eigenvalue weighted by Crippen LogP contribution is -2.42. The topological polar surface area (TPSA) is 67.3 Å². The van der Waals surface area contributed by atoms with Crippen molar-refractivity contribution in [2.24, 2.45) is 5.92 Å². The number of para-hydroxylation sites is 1. The largest absolute Gasteiger partial charge is 0.476 e. The van der Waals surface area contributed by atoms with Crippen molar-refractivity contribution < 1.29 is 9.53 Å². The van der Waals surface area contributed by atoms with Gasteiger partial charge in [0, 0.05) is 19.2 Å². The van der Waals surface area contributed by atoms with Crippen molar-refractivity contribution in [1.29, 1.82) is 0 Å². The molecule has 2 aromatic rings. The lowest BCUT2D eigenvalue weighted by atomic mass is 9.98. The maximum atomic E-state index is 12.3. The number of hydrogen-bond acceptors (Lipinski definition) is 4. The van der Waals surface area contributed by atoms with Crippen LogP contribution in [0.1, 0.15) is 18.5 Å². The molecule has 1 aromatic heterocycles. The summed E-state index contributed by atoms with van der Waals surface area (Å²) < 4.78 is 5.70. The van der Waals surface area contributed by atoms with E-state index in [1.807, 2.05) is 36.1 Å². The fourth-order valence-electron chi connectivity index (χ4n) is 2.73. The van der Waals surface area contributed by atoms with E-state index in [-0.39, 0.29) is 6.03 Å². The maximum absolute atomic E-state index is 12.3. The molecule has 1 aliphatic rings. The zero-order valence-corrected chi connectivity index (χ0v) is 14.9. The van der Waals surface area contributed by atoms with Crippen molar-refractivity contribution >= 4 is 23.3 Å². The van der Waals surface area contributed by atoms with Gasteiger partial charge in [0.1, 0.15) is 0 Å². The quantitative estimate of drug-likeness (QED) is 0.901. The second-order valence-electron chi connectivity index (χ2n) is 6.16. The normalized spacial score (nSPS) is 15.0. The predicted molar refractivity (Wildman–Crippen MR) is 97.0 cm³/mol. The summed E-state index contributed by atoms with van der Waals surface area (Å²) in [5.74, 6) is 0.956. The van der Waals surface area contributed by atoms with E-state index in [1.54, 1.807) is 12.1 Å². The van der Waals surface area contributed by atoms with Crippen molar-refractivity contribution in [2.75, 3.05) is 25.0 Å². The number of carbonyl (C=O) groups is 1. The average Bonchev–Trinajstić information content (AvgIpc) is 2.63. The number of amides is 2. The Balaban J connectivity index is 1.44. The molecule has 0 saturated carbocycles. The molecule has 1 aliphatic heterocycles. The monoisotopic (exact) mass is 360 g/mol. The van der Waals surface area contributed by atoms with E-state index in [0.717, 1.165) is 18.5 Å². The first-order chi connectivity index (χ1) is 12.1. The van der Waals surface area contributed by atoms with Gasteiger partial charge in [-0.1, -0.05) is 23.7 Å². The van der Waals surface area contributed by atoms with E-state index in [2.05, 4.69) is 15.5 Å². The van der Waals surface area contributed by atoms with E-state index in [1.165, 1.54) is 0 Å². The molecule has 7 heteroatoms. The minimum atomic E-state index is -0.114. The van der Waals surface area contributed by atoms with Gasteiger partial charge in [0.05, 0.1) is 23.0 Å². The molecule has 0 aliphatic carbocycles. The highest BCUT2D eigenvalue weighted by Gasteiger charge is 2.23. The third-order valence-electron chi connectivity index (χ3n) is 4.26. The number of anilines is 1. The Morgan fingerprint density at radius 3 is 2.68 bits per heavy atom. The first-order valence-electron chi connectivity index (χ1n) is 8.35. The van der Waals surface area contributed by atoms with Gasteiger partial charge in [0.2, 0.25) is 5.88 Å². The predicted octanol–water partition coefficient (Wildman–Crippen LogP) is 3.76. The van der Waals surface area contributed by atoms with Gasteiger partial charge in [0.15, 0.2) is 0 Å². The number of rotatable bonds is 4. The first-order valence-corrected chi connectivity index (χ1v) is 8.73. The summed E-state index contributed by atoms with van der Waals surface area (Å²) in [7, 11) is 0. The van der Waals surface area contributed by atoms with Crippen LogP contribution in [0.5, 0.6) is 5.88 Å². The summed E-state index contributed by atoms with van der Waals surface area (Å²) in [6, 6.07) is 10.8. The Labute approximate surface area is 152 Å². The lowest BCUT2D eigenvalue weighted by Gasteiger charge is -2.31. The van der Waals surface area contributed by atoms with Crippen molar-refractivity contribution in [3.8, 4) is 5.88 Å². The van der Waals surface area contributed by atoms with Gasteiger partial charge in [-0.15, -0.1) is 5.10 Å². The number of likely N-dealkylation sites (tertiary alicyclic amines) is 1. The van der Waals surface area contributed by atoms with Crippen LogP contribution in [0.15, 0.2) is 36.4 Å². The molecule has 3 rings (SSSR count). The summed E-state index contributed by atoms with van der Waals surface area (Å²) >= 11 is 6.08. The van der Waals surface area contributed by atoms with E-state index in [4.69, 9.17) is 16.3 Å². The van der Waals surface area contributed by atoms with Gasteiger partial charge in [-0.3, -0.25) is 0 Å². The number of nitrogens with zero attached hydrogens (tertiary/aromatic N) is 3. The Kier molecular flexibility index (Phi) is 5.71. The molecule has 2 amide bonds. The van der Waals surface area contributed by atoms with Crippen LogP contribution in [0.2, 0.25) is 5.02 Å². The van der Waals surface area contributed by atoms with Crippen LogP contribution in [-0.2, 0) is 0 Å². The molecule has 0 atom stereocenters. The number of nitrogens with one attached hydrogen (secondary N) is 1. The minimum Gasteiger partial charge on any atom is -0.476 e. The van der Waals surface area contributed by atoms with E-state index in [9.17, 15) is 4.79 Å². The molecule has 1 saturated heterocycles. The number of carbonyl (C=O) groups excluding carboxylic acids is 1. The standard InChI is InChI=1S/C18H21ClN4O2/c1-13-6-7-17(22-21-13)25-12-14-8-10-23(11-9-14)18(24)20-16-5-3-2-4-15(16)19/h2-7,14H,8-12H2,1H3,(H,20,24). The first kappa shape index (κ1) is 17.5. The lowest BCUT2D eigenvalue weighted by molar-refractivity contribution is 0.150. The molecular weight excluding hydrogens is 340 g/mol. The van der Waals surface area contributed by atoms with Gasteiger partial charge < -0.3 is 15.0 Å². The Morgan fingerprint density at radius 2 is 2.00 bits per heavy atom. The fourth-order valence-corrected chi connectivity index (χ4v) is 2.91. The summed E-state index contributed by atoms with van der Waals surface area (Å²) in [6.07, 6.45) is 1.80. The molecule has 132 valence electrons. The zero-order valence-electron chi connectivity index (χ0n) is 14.1. The number of benzene rings is 1. The Bertz CT molecular complexity index is 715. The number of urea groups is 1. The van der Waals surface area contributed by atoms with Crippen LogP contribution < -0.4 is 10.1 Å². The van der Waals surface area contributed by atoms with Gasteiger partial charge in [-0.25, -0.2) is 4.79 Å². The smallest absolute Gasteiger partial charge is 0.321 e. The number of aromatic nitrogens is 2. The average molecular weight is 361 g/mol. The Morgan fingerprint density at radius 1 is 1.24 bits per heavy atom. The Hall–Kier alpha value is -2.34. The summed E-state index contributed by atoms with van der Waals surface area (Å²) in [5.41, 5.74) is 1.50. The second kappa shape index (κ2) is 8.16. The van der Waals surface area contributed by atoms with Gasteiger partial charge in [-0.05, 0) is 43.9 Å². The van der Waals surface area contributed by atoms with Crippen LogP contribution >= 0.6 is 11.6 Å². The maximum Gasteiger partial charge on any atom is 0.321 e. The molecule has 0 bridgehead atoms. The van der Waals surface area contributed by atoms with E-state index < -0.39 is 0 Å². The highest BCUT2D eigenvalue weighted by Crippen LogP contribution is 2.23. The van der Waals surface area contributed by atoms with Crippen LogP contribution in [0.3, 0.4) is 0 Å². The van der Waals surface area contributed by atoms with Crippen LogP contribution in [0, 0.1) is 12.8 Å². The van der Waals surface area contributed by atoms with Gasteiger partial charge in [-0.2, -0.15) is 5.10 Å². The van der Waals surface area contributed by atoms with Crippen LogP contribution in [0.4, 0.5) is 10.5 Å². The van der Waals surface area contributed by atoms with Crippen molar-refractivity contribution in [3.05, 3.63) is 47.1 Å². The van der Waals surface area contributed by atoms with E-state index >= 15 is 0 Å². The summed E-state index contributed by atoms with van der Waals surface area (Å²) in [6.45, 7) is 3.88. The van der Waals surface area contributed by atoms with Crippen molar-refractivity contribution in [2.45, 2.75) is 19.8 Å². The van der Waals surface area contributed by atoms with Gasteiger partial charge in [0.25, 0.3) is 0 Å². The molecule has 0 radical (unpaired) electrons. The molecule has 1 aromatic carbocycles. The SMILES string of the molecule is Cc1ccc(OCC2CCN(C(=O)Nc3ccccc3Cl)CC2)nn1. The molecular formula is C18H21ClN4O2. The number of hydrogen-bond donors (Lipinski definition) is 1. The second-order valence-corrected chi connectivity index (χ2v) is 6.57. The molecule has 1 fully saturated rings. The molecule has 0 unspecified atom stereocenters. The fraction of sp³-hybridized carbons (Fsp3) is 0.389. The minimum absolute atomic E-state index is 0.114. The summed E-state index contributed by atoms with van der Waals surface area (Å²) in [4.78, 5) is 14.2. The number of halogens is 1. The van der Waals surface area contributed by atoms with Crippen LogP contribution in [0.25, 0.3) is 0 Å². The third-order valence-corrected chi connectivity index (χ3v) is 4.59. The third kappa shape index (κ3) is 4.82. The highest BCUT2D eigenvalue weighted by molar-refractivity contribution is 6.33. The van der Waals surface area contributed by atoms with Gasteiger partial charge >= 0.3 is 6.03 Å². The van der Waals surface area contributed by atoms with Crippen LogP contribution in [-0.4, -0.2) is 40.8 Å². The molecule has 25 heavy (non-hydrogen) atoms. The van der Waals surface area contributed by atoms with Crippen molar-refractivity contribution in [1.82, 2.24) is 15.1 Å². The van der Waals surface area contributed by atoms with Crippen molar-refractivity contribution in [3.63, 3.8) is 0 Å². The molecule has 1 N–H and O–H groups in total. The highest BCUT2D eigenvalue weighted by atomic mass is 35.5. The molecule has 0 spiro atoms. The molecule has 2 heterocycles. The zero-order chi connectivity index (χ0) is 17.6. The van der Waals surface area contributed by atoms with E-state index in [0.29, 0.717) is 42.2 Å². The summed E-state index contributed by atoms with van der Waals surface area (Å²) in [5, 5.41) is 11.4. The molecule has 6 nitrogen and oxygen atoms in total. The number of piperidine rings is 1.